The molecule has 0 radical (unpaired) electrons. The van der Waals surface area contributed by atoms with Crippen molar-refractivity contribution in [3.63, 3.8) is 0 Å². The van der Waals surface area contributed by atoms with Crippen LogP contribution in [-0.2, 0) is 25.0 Å². The Morgan fingerprint density at radius 2 is 1.84 bits per heavy atom. The Bertz CT molecular complexity index is 1640. The van der Waals surface area contributed by atoms with Gasteiger partial charge in [0.05, 0.1) is 24.9 Å². The average Bonchev–Trinajstić information content (AvgIpc) is 3.43. The van der Waals surface area contributed by atoms with Gasteiger partial charge in [-0.3, -0.25) is 14.0 Å². The molecule has 4 heterocycles. The van der Waals surface area contributed by atoms with E-state index in [0.29, 0.717) is 17.2 Å². The van der Waals surface area contributed by atoms with Crippen LogP contribution in [0.4, 0.5) is 27.9 Å². The van der Waals surface area contributed by atoms with Crippen LogP contribution in [0.15, 0.2) is 35.4 Å². The van der Waals surface area contributed by atoms with Crippen molar-refractivity contribution in [2.75, 3.05) is 18.0 Å². The molecular formula is C24H20F5N7O2. The van der Waals surface area contributed by atoms with E-state index in [4.69, 9.17) is 4.74 Å². The van der Waals surface area contributed by atoms with Crippen LogP contribution in [-0.4, -0.2) is 48.0 Å². The van der Waals surface area contributed by atoms with E-state index in [1.807, 2.05) is 6.20 Å². The predicted octanol–water partition coefficient (Wildman–Crippen LogP) is 3.53. The van der Waals surface area contributed by atoms with Gasteiger partial charge >= 0.3 is 6.18 Å². The van der Waals surface area contributed by atoms with Crippen LogP contribution in [0.2, 0.25) is 0 Å². The molecule has 9 nitrogen and oxygen atoms in total. The molecule has 198 valence electrons. The standard InChI is InChI=1S/C24H20F5N7O2/c1-34-9-12(8-30-34)16-10-36(11-23(38-16)5-6-23)22-32-17(14-4-3-13(25)7-15(14)26)18-19(33-22)20(37)35(2)21(31-18)24(27,28)29/h3-4,7-9,16H,5-6,10-11H2,1-2H3. The number of ether oxygens (including phenoxy) is 1. The van der Waals surface area contributed by atoms with E-state index >= 15 is 0 Å². The first-order chi connectivity index (χ1) is 17.9. The molecule has 6 rings (SSSR count). The minimum absolute atomic E-state index is 0.00153. The van der Waals surface area contributed by atoms with Crippen LogP contribution in [0.1, 0.15) is 30.3 Å². The Balaban J connectivity index is 1.56. The van der Waals surface area contributed by atoms with Crippen molar-refractivity contribution < 1.29 is 26.7 Å². The highest BCUT2D eigenvalue weighted by Gasteiger charge is 2.51. The second-order valence-electron chi connectivity index (χ2n) is 9.61. The van der Waals surface area contributed by atoms with E-state index in [-0.39, 0.29) is 23.8 Å². The Labute approximate surface area is 211 Å². The average molecular weight is 533 g/mol. The fourth-order valence-corrected chi connectivity index (χ4v) is 4.73. The first kappa shape index (κ1) is 24.4. The summed E-state index contributed by atoms with van der Waals surface area (Å²) in [5.41, 5.74) is -2.37. The van der Waals surface area contributed by atoms with E-state index in [9.17, 15) is 26.7 Å². The molecular weight excluding hydrogens is 513 g/mol. The zero-order chi connectivity index (χ0) is 27.0. The van der Waals surface area contributed by atoms with Crippen molar-refractivity contribution in [1.29, 1.82) is 0 Å². The number of nitrogens with zero attached hydrogens (tertiary/aromatic N) is 7. The maximum atomic E-state index is 14.9. The summed E-state index contributed by atoms with van der Waals surface area (Å²) in [6.07, 6.45) is -0.374. The molecule has 1 aliphatic carbocycles. The summed E-state index contributed by atoms with van der Waals surface area (Å²) in [7, 11) is 2.70. The van der Waals surface area contributed by atoms with Crippen LogP contribution in [0.3, 0.4) is 0 Å². The summed E-state index contributed by atoms with van der Waals surface area (Å²) in [6, 6.07) is 2.58. The number of benzene rings is 1. The van der Waals surface area contributed by atoms with Gasteiger partial charge in [-0.15, -0.1) is 0 Å². The lowest BCUT2D eigenvalue weighted by Crippen LogP contribution is -2.46. The fraction of sp³-hybridized carbons (Fsp3) is 0.375. The molecule has 14 heteroatoms. The molecule has 1 saturated carbocycles. The second-order valence-corrected chi connectivity index (χ2v) is 9.61. The van der Waals surface area contributed by atoms with Gasteiger partial charge in [0, 0.05) is 37.5 Å². The van der Waals surface area contributed by atoms with Crippen molar-refractivity contribution in [2.45, 2.75) is 30.7 Å². The summed E-state index contributed by atoms with van der Waals surface area (Å²) in [6.45, 7) is 0.605. The molecule has 1 aliphatic heterocycles. The fourth-order valence-electron chi connectivity index (χ4n) is 4.73. The molecule has 1 saturated heterocycles. The van der Waals surface area contributed by atoms with Gasteiger partial charge in [0.15, 0.2) is 5.52 Å². The summed E-state index contributed by atoms with van der Waals surface area (Å²) < 4.78 is 77.9. The highest BCUT2D eigenvalue weighted by molar-refractivity contribution is 5.89. The predicted molar refractivity (Wildman–Crippen MR) is 124 cm³/mol. The van der Waals surface area contributed by atoms with E-state index in [1.54, 1.807) is 22.8 Å². The quantitative estimate of drug-likeness (QED) is 0.372. The highest BCUT2D eigenvalue weighted by Crippen LogP contribution is 2.47. The lowest BCUT2D eigenvalue weighted by Gasteiger charge is -2.38. The molecule has 0 bridgehead atoms. The summed E-state index contributed by atoms with van der Waals surface area (Å²) in [5, 5.41) is 4.19. The zero-order valence-electron chi connectivity index (χ0n) is 20.1. The number of anilines is 1. The number of alkyl halides is 3. The zero-order valence-corrected chi connectivity index (χ0v) is 20.1. The minimum atomic E-state index is -4.97. The van der Waals surface area contributed by atoms with Gasteiger partial charge in [-0.1, -0.05) is 0 Å². The van der Waals surface area contributed by atoms with Crippen molar-refractivity contribution in [2.24, 2.45) is 14.1 Å². The van der Waals surface area contributed by atoms with Crippen LogP contribution in [0.5, 0.6) is 0 Å². The monoisotopic (exact) mass is 533 g/mol. The van der Waals surface area contributed by atoms with Crippen LogP contribution in [0.25, 0.3) is 22.3 Å². The summed E-state index contributed by atoms with van der Waals surface area (Å²) >= 11 is 0. The molecule has 2 fully saturated rings. The lowest BCUT2D eigenvalue weighted by atomic mass is 10.1. The van der Waals surface area contributed by atoms with E-state index in [0.717, 1.165) is 37.6 Å². The molecule has 38 heavy (non-hydrogen) atoms. The molecule has 0 amide bonds. The Morgan fingerprint density at radius 1 is 1.08 bits per heavy atom. The van der Waals surface area contributed by atoms with Gasteiger partial charge in [-0.05, 0) is 25.0 Å². The Kier molecular flexibility index (Phi) is 5.32. The molecule has 0 N–H and O–H groups in total. The first-order valence-corrected chi connectivity index (χ1v) is 11.7. The Morgan fingerprint density at radius 3 is 2.47 bits per heavy atom. The van der Waals surface area contributed by atoms with Gasteiger partial charge in [0.2, 0.25) is 11.8 Å². The highest BCUT2D eigenvalue weighted by atomic mass is 19.4. The number of halogens is 5. The molecule has 4 aromatic rings. The number of rotatable bonds is 3. The number of aryl methyl sites for hydroxylation is 1. The van der Waals surface area contributed by atoms with Gasteiger partial charge < -0.3 is 9.64 Å². The van der Waals surface area contributed by atoms with Crippen molar-refractivity contribution >= 4 is 17.0 Å². The molecule has 1 spiro atoms. The van der Waals surface area contributed by atoms with Crippen molar-refractivity contribution in [3.05, 3.63) is 64.0 Å². The normalized spacial score (nSPS) is 18.9. The van der Waals surface area contributed by atoms with E-state index in [1.165, 1.54) is 0 Å². The third-order valence-corrected chi connectivity index (χ3v) is 6.80. The number of morpholine rings is 1. The van der Waals surface area contributed by atoms with E-state index < -0.39 is 51.9 Å². The SMILES string of the molecule is Cn1cc(C2CN(c3nc(-c4ccc(F)cc4F)c4nc(C(F)(F)F)n(C)c(=O)c4n3)CC3(CC3)O2)cn1. The molecule has 2 aliphatic rings. The van der Waals surface area contributed by atoms with Gasteiger partial charge in [0.1, 0.15) is 28.9 Å². The van der Waals surface area contributed by atoms with E-state index in [2.05, 4.69) is 20.1 Å². The van der Waals surface area contributed by atoms with Crippen LogP contribution in [0, 0.1) is 11.6 Å². The van der Waals surface area contributed by atoms with Gasteiger partial charge in [0.25, 0.3) is 5.56 Å². The van der Waals surface area contributed by atoms with Crippen LogP contribution >= 0.6 is 0 Å². The van der Waals surface area contributed by atoms with Gasteiger partial charge in [-0.25, -0.2) is 23.7 Å². The largest absolute Gasteiger partial charge is 0.449 e. The second kappa shape index (κ2) is 8.28. The third kappa shape index (κ3) is 4.08. The number of fused-ring (bicyclic) bond motifs is 1. The molecule has 1 atom stereocenters. The third-order valence-electron chi connectivity index (χ3n) is 6.80. The molecule has 1 aromatic carbocycles. The smallest absolute Gasteiger partial charge is 0.363 e. The first-order valence-electron chi connectivity index (χ1n) is 11.7. The lowest BCUT2D eigenvalue weighted by molar-refractivity contribution is -0.147. The van der Waals surface area contributed by atoms with Crippen molar-refractivity contribution in [1.82, 2.24) is 29.3 Å². The summed E-state index contributed by atoms with van der Waals surface area (Å²) in [4.78, 5) is 27.2. The number of hydrogen-bond donors (Lipinski definition) is 0. The maximum Gasteiger partial charge on any atom is 0.449 e. The number of aromatic nitrogens is 6. The maximum absolute atomic E-state index is 14.9. The Hall–Kier alpha value is -3.94. The molecule has 3 aromatic heterocycles. The van der Waals surface area contributed by atoms with Gasteiger partial charge in [-0.2, -0.15) is 18.3 Å². The molecule has 1 unspecified atom stereocenters. The summed E-state index contributed by atoms with van der Waals surface area (Å²) in [5.74, 6) is -3.44. The van der Waals surface area contributed by atoms with Crippen molar-refractivity contribution in [3.8, 4) is 11.3 Å². The van der Waals surface area contributed by atoms with Crippen LogP contribution < -0.4 is 10.5 Å². The topological polar surface area (TPSA) is 91.0 Å². The minimum Gasteiger partial charge on any atom is -0.363 e. The number of hydrogen-bond acceptors (Lipinski definition) is 7.